The van der Waals surface area contributed by atoms with E-state index in [1.54, 1.807) is 0 Å². The SMILES string of the molecule is C=C/C(C)=C(\C=C)NC1CCCc2cccc(Br)c21. The van der Waals surface area contributed by atoms with Crippen LogP contribution < -0.4 is 5.32 Å². The van der Waals surface area contributed by atoms with Crippen molar-refractivity contribution in [1.82, 2.24) is 5.32 Å². The van der Waals surface area contributed by atoms with E-state index in [0.29, 0.717) is 6.04 Å². The van der Waals surface area contributed by atoms with Gasteiger partial charge in [0.25, 0.3) is 0 Å². The van der Waals surface area contributed by atoms with Crippen LogP contribution in [0.25, 0.3) is 0 Å². The average molecular weight is 318 g/mol. The topological polar surface area (TPSA) is 12.0 Å². The van der Waals surface area contributed by atoms with Crippen molar-refractivity contribution in [2.75, 3.05) is 0 Å². The molecule has 0 fully saturated rings. The molecule has 0 radical (unpaired) electrons. The Hall–Kier alpha value is -1.28. The summed E-state index contributed by atoms with van der Waals surface area (Å²) in [6.07, 6.45) is 7.28. The minimum absolute atomic E-state index is 0.349. The molecule has 0 amide bonds. The lowest BCUT2D eigenvalue weighted by atomic mass is 9.87. The van der Waals surface area contributed by atoms with Gasteiger partial charge in [-0.05, 0) is 55.0 Å². The first-order valence-corrected chi connectivity index (χ1v) is 7.46. The summed E-state index contributed by atoms with van der Waals surface area (Å²) in [7, 11) is 0. The van der Waals surface area contributed by atoms with Gasteiger partial charge < -0.3 is 5.32 Å². The number of halogens is 1. The van der Waals surface area contributed by atoms with E-state index in [9.17, 15) is 0 Å². The van der Waals surface area contributed by atoms with Crippen molar-refractivity contribution in [1.29, 1.82) is 0 Å². The van der Waals surface area contributed by atoms with Crippen LogP contribution in [0.15, 0.2) is 59.3 Å². The van der Waals surface area contributed by atoms with Crippen molar-refractivity contribution in [2.24, 2.45) is 0 Å². The Morgan fingerprint density at radius 3 is 2.84 bits per heavy atom. The van der Waals surface area contributed by atoms with Gasteiger partial charge in [-0.25, -0.2) is 0 Å². The van der Waals surface area contributed by atoms with E-state index in [2.05, 4.69) is 59.5 Å². The Morgan fingerprint density at radius 1 is 1.37 bits per heavy atom. The summed E-state index contributed by atoms with van der Waals surface area (Å²) >= 11 is 3.69. The normalized spacial score (nSPS) is 19.2. The predicted octanol–water partition coefficient (Wildman–Crippen LogP) is 5.06. The van der Waals surface area contributed by atoms with Gasteiger partial charge >= 0.3 is 0 Å². The Morgan fingerprint density at radius 2 is 2.16 bits per heavy atom. The molecule has 0 bridgehead atoms. The van der Waals surface area contributed by atoms with Gasteiger partial charge in [0.1, 0.15) is 0 Å². The first-order valence-electron chi connectivity index (χ1n) is 6.67. The molecule has 1 aliphatic carbocycles. The van der Waals surface area contributed by atoms with Gasteiger partial charge in [0.15, 0.2) is 0 Å². The van der Waals surface area contributed by atoms with Gasteiger partial charge in [0.05, 0.1) is 6.04 Å². The average Bonchev–Trinajstić information content (AvgIpc) is 2.44. The van der Waals surface area contributed by atoms with Gasteiger partial charge in [0, 0.05) is 10.2 Å². The molecule has 0 spiro atoms. The summed E-state index contributed by atoms with van der Waals surface area (Å²) in [4.78, 5) is 0. The van der Waals surface area contributed by atoms with E-state index < -0.39 is 0 Å². The second-order valence-corrected chi connectivity index (χ2v) is 5.76. The van der Waals surface area contributed by atoms with Crippen molar-refractivity contribution in [3.63, 3.8) is 0 Å². The molecule has 19 heavy (non-hydrogen) atoms. The van der Waals surface area contributed by atoms with Crippen molar-refractivity contribution in [3.05, 3.63) is 70.4 Å². The lowest BCUT2D eigenvalue weighted by molar-refractivity contribution is 0.500. The number of hydrogen-bond donors (Lipinski definition) is 1. The van der Waals surface area contributed by atoms with E-state index in [0.717, 1.165) is 17.7 Å². The Balaban J connectivity index is 2.34. The van der Waals surface area contributed by atoms with Crippen LogP contribution in [-0.2, 0) is 6.42 Å². The molecule has 1 unspecified atom stereocenters. The third-order valence-electron chi connectivity index (χ3n) is 3.70. The molecule has 1 aliphatic rings. The van der Waals surface area contributed by atoms with Crippen molar-refractivity contribution in [3.8, 4) is 0 Å². The molecule has 1 aromatic carbocycles. The number of nitrogens with one attached hydrogen (secondary N) is 1. The first-order chi connectivity index (χ1) is 9.17. The third kappa shape index (κ3) is 3.01. The standard InChI is InChI=1S/C17H20BrN/c1-4-12(3)15(5-2)19-16-11-7-9-13-8-6-10-14(18)17(13)16/h4-6,8,10,16,19H,1-2,7,9,11H2,3H3/b15-12+. The number of fused-ring (bicyclic) bond motifs is 1. The smallest absolute Gasteiger partial charge is 0.0527 e. The summed E-state index contributed by atoms with van der Waals surface area (Å²) in [5.41, 5.74) is 5.04. The van der Waals surface area contributed by atoms with Crippen LogP contribution >= 0.6 is 15.9 Å². The first kappa shape index (κ1) is 14.1. The van der Waals surface area contributed by atoms with E-state index in [1.165, 1.54) is 28.4 Å². The molecule has 0 aromatic heterocycles. The maximum atomic E-state index is 3.89. The van der Waals surface area contributed by atoms with E-state index >= 15 is 0 Å². The summed E-state index contributed by atoms with van der Waals surface area (Å²) in [6.45, 7) is 9.78. The van der Waals surface area contributed by atoms with E-state index in [4.69, 9.17) is 0 Å². The Kier molecular flexibility index (Phi) is 4.65. The molecular weight excluding hydrogens is 298 g/mol. The highest BCUT2D eigenvalue weighted by Gasteiger charge is 2.22. The number of aryl methyl sites for hydroxylation is 1. The predicted molar refractivity (Wildman–Crippen MR) is 86.1 cm³/mol. The van der Waals surface area contributed by atoms with Crippen LogP contribution in [0.2, 0.25) is 0 Å². The molecule has 1 atom stereocenters. The van der Waals surface area contributed by atoms with Crippen LogP contribution in [0.5, 0.6) is 0 Å². The lowest BCUT2D eigenvalue weighted by Gasteiger charge is -2.29. The molecule has 2 rings (SSSR count). The van der Waals surface area contributed by atoms with Crippen LogP contribution in [0.3, 0.4) is 0 Å². The fourth-order valence-electron chi connectivity index (χ4n) is 2.61. The lowest BCUT2D eigenvalue weighted by Crippen LogP contribution is -2.25. The fraction of sp³-hybridized carbons (Fsp3) is 0.294. The largest absolute Gasteiger partial charge is 0.378 e. The number of rotatable bonds is 4. The quantitative estimate of drug-likeness (QED) is 0.765. The van der Waals surface area contributed by atoms with Crippen LogP contribution in [0.1, 0.15) is 36.9 Å². The molecule has 1 aromatic rings. The highest BCUT2D eigenvalue weighted by molar-refractivity contribution is 9.10. The van der Waals surface area contributed by atoms with Gasteiger partial charge in [-0.3, -0.25) is 0 Å². The van der Waals surface area contributed by atoms with Gasteiger partial charge in [0.2, 0.25) is 0 Å². The molecule has 2 heteroatoms. The van der Waals surface area contributed by atoms with Gasteiger partial charge in [-0.2, -0.15) is 0 Å². The Bertz CT molecular complexity index is 528. The second kappa shape index (κ2) is 6.25. The molecule has 0 saturated heterocycles. The zero-order valence-electron chi connectivity index (χ0n) is 11.4. The van der Waals surface area contributed by atoms with Gasteiger partial charge in [-0.15, -0.1) is 0 Å². The van der Waals surface area contributed by atoms with Crippen LogP contribution in [0, 0.1) is 0 Å². The fourth-order valence-corrected chi connectivity index (χ4v) is 3.29. The molecule has 0 heterocycles. The maximum absolute atomic E-state index is 3.89. The number of allylic oxidation sites excluding steroid dienone is 3. The van der Waals surface area contributed by atoms with E-state index in [1.807, 2.05) is 12.2 Å². The number of benzene rings is 1. The molecule has 0 aliphatic heterocycles. The summed E-state index contributed by atoms with van der Waals surface area (Å²) in [5, 5.41) is 3.61. The minimum atomic E-state index is 0.349. The summed E-state index contributed by atoms with van der Waals surface area (Å²) in [5.74, 6) is 0. The van der Waals surface area contributed by atoms with Crippen molar-refractivity contribution in [2.45, 2.75) is 32.2 Å². The van der Waals surface area contributed by atoms with Crippen LogP contribution in [-0.4, -0.2) is 0 Å². The van der Waals surface area contributed by atoms with E-state index in [-0.39, 0.29) is 0 Å². The zero-order valence-corrected chi connectivity index (χ0v) is 13.0. The third-order valence-corrected chi connectivity index (χ3v) is 4.39. The zero-order chi connectivity index (χ0) is 13.8. The van der Waals surface area contributed by atoms with Crippen LogP contribution in [0.4, 0.5) is 0 Å². The Labute approximate surface area is 124 Å². The van der Waals surface area contributed by atoms with Crippen molar-refractivity contribution < 1.29 is 0 Å². The molecule has 100 valence electrons. The highest BCUT2D eigenvalue weighted by atomic mass is 79.9. The highest BCUT2D eigenvalue weighted by Crippen LogP contribution is 2.35. The number of hydrogen-bond acceptors (Lipinski definition) is 1. The van der Waals surface area contributed by atoms with Gasteiger partial charge in [-0.1, -0.05) is 47.3 Å². The summed E-state index contributed by atoms with van der Waals surface area (Å²) < 4.78 is 1.20. The minimum Gasteiger partial charge on any atom is -0.378 e. The molecular formula is C17H20BrN. The molecule has 1 nitrogen and oxygen atoms in total. The summed E-state index contributed by atoms with van der Waals surface area (Å²) in [6, 6.07) is 6.81. The molecule has 0 saturated carbocycles. The van der Waals surface area contributed by atoms with Crippen molar-refractivity contribution >= 4 is 15.9 Å². The second-order valence-electron chi connectivity index (χ2n) is 4.91. The molecule has 1 N–H and O–H groups in total. The monoisotopic (exact) mass is 317 g/mol. The maximum Gasteiger partial charge on any atom is 0.0527 e.